The van der Waals surface area contributed by atoms with Crippen molar-refractivity contribution in [3.8, 4) is 34.1 Å². The highest BCUT2D eigenvalue weighted by Gasteiger charge is 2.13. The summed E-state index contributed by atoms with van der Waals surface area (Å²) in [6.45, 7) is 0. The van der Waals surface area contributed by atoms with Gasteiger partial charge in [-0.05, 0) is 23.8 Å². The van der Waals surface area contributed by atoms with Crippen LogP contribution in [0.4, 0.5) is 0 Å². The maximum Gasteiger partial charge on any atom is 0.200 e. The van der Waals surface area contributed by atoms with Crippen molar-refractivity contribution in [2.45, 2.75) is 0 Å². The molecule has 0 aliphatic carbocycles. The fourth-order valence-corrected chi connectivity index (χ4v) is 2.21. The molecule has 2 aromatic carbocycles. The summed E-state index contributed by atoms with van der Waals surface area (Å²) in [6.07, 6.45) is 1.24. The molecule has 112 valence electrons. The van der Waals surface area contributed by atoms with Crippen molar-refractivity contribution in [2.75, 3.05) is 7.11 Å². The van der Waals surface area contributed by atoms with Gasteiger partial charge in [-0.25, -0.2) is 0 Å². The van der Waals surface area contributed by atoms with E-state index in [9.17, 15) is 20.1 Å². The van der Waals surface area contributed by atoms with Gasteiger partial charge in [-0.15, -0.1) is 0 Å². The second-order valence-corrected chi connectivity index (χ2v) is 4.70. The number of benzene rings is 2. The van der Waals surface area contributed by atoms with Gasteiger partial charge >= 0.3 is 0 Å². The molecule has 3 aromatic rings. The molecule has 0 fully saturated rings. The lowest BCUT2D eigenvalue weighted by Crippen LogP contribution is -2.04. The van der Waals surface area contributed by atoms with Crippen LogP contribution in [0.15, 0.2) is 45.8 Å². The van der Waals surface area contributed by atoms with E-state index in [0.29, 0.717) is 5.56 Å². The second kappa shape index (κ2) is 5.00. The van der Waals surface area contributed by atoms with Gasteiger partial charge in [0.1, 0.15) is 11.8 Å². The highest BCUT2D eigenvalue weighted by atomic mass is 16.5. The molecule has 0 aliphatic heterocycles. The molecule has 3 rings (SSSR count). The van der Waals surface area contributed by atoms with Crippen LogP contribution in [-0.2, 0) is 0 Å². The van der Waals surface area contributed by atoms with E-state index in [-0.39, 0.29) is 39.2 Å². The van der Waals surface area contributed by atoms with Crippen molar-refractivity contribution < 1.29 is 24.5 Å². The largest absolute Gasteiger partial charge is 0.504 e. The summed E-state index contributed by atoms with van der Waals surface area (Å²) in [5.74, 6) is -0.593. The summed E-state index contributed by atoms with van der Waals surface area (Å²) in [7, 11) is 1.42. The van der Waals surface area contributed by atoms with Gasteiger partial charge in [-0.3, -0.25) is 4.79 Å². The van der Waals surface area contributed by atoms with Crippen molar-refractivity contribution in [1.29, 1.82) is 0 Å². The fourth-order valence-electron chi connectivity index (χ4n) is 2.21. The van der Waals surface area contributed by atoms with Gasteiger partial charge in [0, 0.05) is 6.07 Å². The highest BCUT2D eigenvalue weighted by Crippen LogP contribution is 2.33. The summed E-state index contributed by atoms with van der Waals surface area (Å²) < 4.78 is 10.3. The minimum atomic E-state index is -0.408. The quantitative estimate of drug-likeness (QED) is 0.629. The third-order valence-corrected chi connectivity index (χ3v) is 3.36. The Morgan fingerprint density at radius 3 is 2.41 bits per heavy atom. The molecular formula is C16H12O6. The average molecular weight is 300 g/mol. The molecule has 0 radical (unpaired) electrons. The van der Waals surface area contributed by atoms with Crippen molar-refractivity contribution in [1.82, 2.24) is 0 Å². The molecule has 0 saturated heterocycles. The van der Waals surface area contributed by atoms with Crippen LogP contribution < -0.4 is 10.2 Å². The summed E-state index contributed by atoms with van der Waals surface area (Å²) in [5, 5.41) is 28.9. The molecule has 0 amide bonds. The molecule has 6 nitrogen and oxygen atoms in total. The molecule has 22 heavy (non-hydrogen) atoms. The van der Waals surface area contributed by atoms with Crippen molar-refractivity contribution in [3.05, 3.63) is 46.8 Å². The lowest BCUT2D eigenvalue weighted by atomic mass is 10.0. The van der Waals surface area contributed by atoms with Gasteiger partial charge in [0.15, 0.2) is 23.0 Å². The van der Waals surface area contributed by atoms with Crippen molar-refractivity contribution in [2.24, 2.45) is 0 Å². The zero-order valence-corrected chi connectivity index (χ0v) is 11.5. The molecule has 6 heteroatoms. The van der Waals surface area contributed by atoms with Gasteiger partial charge in [0.05, 0.1) is 18.1 Å². The summed E-state index contributed by atoms with van der Waals surface area (Å²) in [5.41, 5.74) is 0.431. The predicted molar refractivity (Wildman–Crippen MR) is 79.5 cm³/mol. The highest BCUT2D eigenvalue weighted by molar-refractivity contribution is 5.84. The zero-order chi connectivity index (χ0) is 15.9. The number of phenols is 3. The van der Waals surface area contributed by atoms with Crippen LogP contribution in [0.5, 0.6) is 23.0 Å². The van der Waals surface area contributed by atoms with Crippen LogP contribution >= 0.6 is 0 Å². The molecule has 0 aliphatic rings. The number of phenolic OH excluding ortho intramolecular Hbond substituents is 3. The van der Waals surface area contributed by atoms with Gasteiger partial charge in [0.25, 0.3) is 0 Å². The molecule has 0 unspecified atom stereocenters. The summed E-state index contributed by atoms with van der Waals surface area (Å²) >= 11 is 0. The van der Waals surface area contributed by atoms with Gasteiger partial charge < -0.3 is 24.5 Å². The maximum atomic E-state index is 12.5. The molecule has 3 N–H and O–H groups in total. The van der Waals surface area contributed by atoms with Gasteiger partial charge in [-0.2, -0.15) is 0 Å². The number of hydrogen-bond donors (Lipinski definition) is 3. The van der Waals surface area contributed by atoms with E-state index in [4.69, 9.17) is 9.15 Å². The van der Waals surface area contributed by atoms with Crippen LogP contribution in [0.3, 0.4) is 0 Å². The SMILES string of the molecule is COc1ccc(-c2coc3cc(O)c(O)cc3c2=O)cc1O. The van der Waals surface area contributed by atoms with E-state index < -0.39 is 5.75 Å². The molecule has 0 atom stereocenters. The number of methoxy groups -OCH3 is 1. The Hall–Kier alpha value is -3.15. The Kier molecular flexibility index (Phi) is 3.14. The number of fused-ring (bicyclic) bond motifs is 1. The first-order chi connectivity index (χ1) is 10.5. The first-order valence-corrected chi connectivity index (χ1v) is 6.36. The average Bonchev–Trinajstić information content (AvgIpc) is 2.50. The Bertz CT molecular complexity index is 926. The Morgan fingerprint density at radius 1 is 1.00 bits per heavy atom. The maximum absolute atomic E-state index is 12.5. The van der Waals surface area contributed by atoms with E-state index in [0.717, 1.165) is 6.07 Å². The van der Waals surface area contributed by atoms with Gasteiger partial charge in [-0.1, -0.05) is 6.07 Å². The molecule has 0 saturated carbocycles. The van der Waals surface area contributed by atoms with Crippen molar-refractivity contribution in [3.63, 3.8) is 0 Å². The first-order valence-electron chi connectivity index (χ1n) is 6.36. The summed E-state index contributed by atoms with van der Waals surface area (Å²) in [4.78, 5) is 12.5. The van der Waals surface area contributed by atoms with Crippen LogP contribution in [0.2, 0.25) is 0 Å². The molecule has 0 spiro atoms. The molecular weight excluding hydrogens is 288 g/mol. The molecule has 1 aromatic heterocycles. The van der Waals surface area contributed by atoms with Crippen molar-refractivity contribution >= 4 is 11.0 Å². The zero-order valence-electron chi connectivity index (χ0n) is 11.5. The van der Waals surface area contributed by atoms with E-state index in [2.05, 4.69) is 0 Å². The van der Waals surface area contributed by atoms with E-state index in [1.165, 1.54) is 31.6 Å². The topological polar surface area (TPSA) is 100 Å². The monoisotopic (exact) mass is 300 g/mol. The Labute approximate surface area is 124 Å². The Balaban J connectivity index is 2.24. The smallest absolute Gasteiger partial charge is 0.200 e. The summed E-state index contributed by atoms with van der Waals surface area (Å²) in [6, 6.07) is 6.83. The molecule has 1 heterocycles. The number of ether oxygens (including phenoxy) is 1. The minimum absolute atomic E-state index is 0.104. The number of hydrogen-bond acceptors (Lipinski definition) is 6. The lowest BCUT2D eigenvalue weighted by Gasteiger charge is -2.07. The van der Waals surface area contributed by atoms with E-state index in [1.54, 1.807) is 6.07 Å². The van der Waals surface area contributed by atoms with E-state index >= 15 is 0 Å². The number of aromatic hydroxyl groups is 3. The third kappa shape index (κ3) is 2.10. The number of rotatable bonds is 2. The van der Waals surface area contributed by atoms with Crippen LogP contribution in [0.25, 0.3) is 22.1 Å². The first kappa shape index (κ1) is 13.8. The standard InChI is InChI=1S/C16H12O6/c1-21-14-3-2-8(4-13(14)19)10-7-22-15-6-12(18)11(17)5-9(15)16(10)20/h2-7,17-19H,1H3. The predicted octanol–water partition coefficient (Wildman–Crippen LogP) is 2.59. The molecule has 0 bridgehead atoms. The fraction of sp³-hybridized carbons (Fsp3) is 0.0625. The van der Waals surface area contributed by atoms with Crippen LogP contribution in [0, 0.1) is 0 Å². The van der Waals surface area contributed by atoms with E-state index in [1.807, 2.05) is 0 Å². The van der Waals surface area contributed by atoms with Gasteiger partial charge in [0.2, 0.25) is 5.43 Å². The Morgan fingerprint density at radius 2 is 1.73 bits per heavy atom. The second-order valence-electron chi connectivity index (χ2n) is 4.70. The lowest BCUT2D eigenvalue weighted by molar-refractivity contribution is 0.373. The van der Waals surface area contributed by atoms with Crippen LogP contribution in [-0.4, -0.2) is 22.4 Å². The van der Waals surface area contributed by atoms with Crippen LogP contribution in [0.1, 0.15) is 0 Å². The minimum Gasteiger partial charge on any atom is -0.504 e. The third-order valence-electron chi connectivity index (χ3n) is 3.36. The normalized spacial score (nSPS) is 10.8.